The lowest BCUT2D eigenvalue weighted by molar-refractivity contribution is -0.124. The van der Waals surface area contributed by atoms with Crippen LogP contribution in [0.3, 0.4) is 0 Å². The lowest BCUT2D eigenvalue weighted by atomic mass is 9.84. The van der Waals surface area contributed by atoms with Gasteiger partial charge in [-0.05, 0) is 37.5 Å². The van der Waals surface area contributed by atoms with E-state index in [1.54, 1.807) is 0 Å². The van der Waals surface area contributed by atoms with Crippen LogP contribution in [0.4, 0.5) is 0 Å². The standard InChI is InChI=1S/C13H26N2O/c1-4-10-5-7-11(8-6-10)15-13(16)12(14)9(2)3/h9-12H,4-8,14H2,1-3H3,(H,15,16)/t10?,11?,12-/m0/s1. The van der Waals surface area contributed by atoms with Gasteiger partial charge in [-0.1, -0.05) is 27.2 Å². The maximum Gasteiger partial charge on any atom is 0.237 e. The van der Waals surface area contributed by atoms with Gasteiger partial charge in [-0.25, -0.2) is 0 Å². The highest BCUT2D eigenvalue weighted by Crippen LogP contribution is 2.26. The lowest BCUT2D eigenvalue weighted by Gasteiger charge is -2.29. The molecular formula is C13H26N2O. The molecule has 0 unspecified atom stereocenters. The number of hydrogen-bond donors (Lipinski definition) is 2. The Labute approximate surface area is 99.2 Å². The summed E-state index contributed by atoms with van der Waals surface area (Å²) in [6.07, 6.45) is 6.01. The molecule has 0 saturated heterocycles. The number of carbonyl (C=O) groups is 1. The molecule has 1 fully saturated rings. The zero-order chi connectivity index (χ0) is 12.1. The highest BCUT2D eigenvalue weighted by Gasteiger charge is 2.24. The average Bonchev–Trinajstić information content (AvgIpc) is 2.28. The van der Waals surface area contributed by atoms with E-state index in [1.165, 1.54) is 19.3 Å². The molecule has 3 heteroatoms. The molecule has 0 radical (unpaired) electrons. The highest BCUT2D eigenvalue weighted by atomic mass is 16.2. The van der Waals surface area contributed by atoms with Gasteiger partial charge in [0.05, 0.1) is 6.04 Å². The second-order valence-electron chi connectivity index (χ2n) is 5.40. The van der Waals surface area contributed by atoms with Crippen LogP contribution < -0.4 is 11.1 Å². The van der Waals surface area contributed by atoms with E-state index in [4.69, 9.17) is 5.73 Å². The zero-order valence-corrected chi connectivity index (χ0v) is 10.8. The summed E-state index contributed by atoms with van der Waals surface area (Å²) in [7, 11) is 0. The molecule has 3 N–H and O–H groups in total. The molecule has 1 amide bonds. The first-order valence-electron chi connectivity index (χ1n) is 6.60. The molecule has 1 saturated carbocycles. The summed E-state index contributed by atoms with van der Waals surface area (Å²) in [4.78, 5) is 11.8. The molecule has 0 bridgehead atoms. The van der Waals surface area contributed by atoms with E-state index in [-0.39, 0.29) is 17.9 Å². The van der Waals surface area contributed by atoms with Crippen molar-refractivity contribution in [2.24, 2.45) is 17.6 Å². The van der Waals surface area contributed by atoms with Crippen LogP contribution in [0.15, 0.2) is 0 Å². The Morgan fingerprint density at radius 1 is 1.31 bits per heavy atom. The molecule has 3 nitrogen and oxygen atoms in total. The van der Waals surface area contributed by atoms with Crippen molar-refractivity contribution in [2.45, 2.75) is 65.0 Å². The lowest BCUT2D eigenvalue weighted by Crippen LogP contribution is -2.48. The minimum Gasteiger partial charge on any atom is -0.352 e. The predicted octanol–water partition coefficient (Wildman–Crippen LogP) is 2.05. The summed E-state index contributed by atoms with van der Waals surface area (Å²) in [5.74, 6) is 1.11. The van der Waals surface area contributed by atoms with Crippen molar-refractivity contribution < 1.29 is 4.79 Å². The fourth-order valence-electron chi connectivity index (χ4n) is 2.32. The SMILES string of the molecule is CCC1CCC(NC(=O)[C@@H](N)C(C)C)CC1. The smallest absolute Gasteiger partial charge is 0.237 e. The molecule has 0 aromatic heterocycles. The molecule has 1 aliphatic rings. The number of amides is 1. The summed E-state index contributed by atoms with van der Waals surface area (Å²) < 4.78 is 0. The summed E-state index contributed by atoms with van der Waals surface area (Å²) in [5, 5.41) is 3.08. The molecule has 0 aliphatic heterocycles. The van der Waals surface area contributed by atoms with Gasteiger partial charge in [-0.15, -0.1) is 0 Å². The van der Waals surface area contributed by atoms with Crippen LogP contribution in [0.25, 0.3) is 0 Å². The maximum absolute atomic E-state index is 11.8. The summed E-state index contributed by atoms with van der Waals surface area (Å²) in [6, 6.07) is 0.00370. The number of nitrogens with two attached hydrogens (primary N) is 1. The minimum atomic E-state index is -0.358. The monoisotopic (exact) mass is 226 g/mol. The van der Waals surface area contributed by atoms with E-state index in [0.29, 0.717) is 6.04 Å². The third-order valence-electron chi connectivity index (χ3n) is 3.79. The van der Waals surface area contributed by atoms with Crippen LogP contribution in [-0.4, -0.2) is 18.0 Å². The Bertz CT molecular complexity index is 220. The van der Waals surface area contributed by atoms with E-state index in [9.17, 15) is 4.79 Å². The molecule has 94 valence electrons. The number of carbonyl (C=O) groups excluding carboxylic acids is 1. The van der Waals surface area contributed by atoms with Gasteiger partial charge < -0.3 is 11.1 Å². The fourth-order valence-corrected chi connectivity index (χ4v) is 2.32. The van der Waals surface area contributed by atoms with Crippen molar-refractivity contribution in [1.29, 1.82) is 0 Å². The van der Waals surface area contributed by atoms with Gasteiger partial charge in [0.25, 0.3) is 0 Å². The molecule has 1 rings (SSSR count). The molecule has 0 aromatic carbocycles. The van der Waals surface area contributed by atoms with Crippen molar-refractivity contribution in [3.05, 3.63) is 0 Å². The van der Waals surface area contributed by atoms with E-state index in [0.717, 1.165) is 18.8 Å². The van der Waals surface area contributed by atoms with E-state index in [2.05, 4.69) is 12.2 Å². The van der Waals surface area contributed by atoms with E-state index >= 15 is 0 Å². The third kappa shape index (κ3) is 3.78. The number of hydrogen-bond acceptors (Lipinski definition) is 2. The van der Waals surface area contributed by atoms with Gasteiger partial charge in [-0.2, -0.15) is 0 Å². The van der Waals surface area contributed by atoms with Gasteiger partial charge in [0, 0.05) is 6.04 Å². The van der Waals surface area contributed by atoms with Crippen LogP contribution in [0.5, 0.6) is 0 Å². The van der Waals surface area contributed by atoms with Crippen LogP contribution in [0, 0.1) is 11.8 Å². The first-order valence-corrected chi connectivity index (χ1v) is 6.60. The Morgan fingerprint density at radius 3 is 2.31 bits per heavy atom. The maximum atomic E-state index is 11.8. The molecule has 16 heavy (non-hydrogen) atoms. The van der Waals surface area contributed by atoms with Gasteiger partial charge in [0.1, 0.15) is 0 Å². The Balaban J connectivity index is 2.31. The predicted molar refractivity (Wildman–Crippen MR) is 67.0 cm³/mol. The molecular weight excluding hydrogens is 200 g/mol. The minimum absolute atomic E-state index is 0.0231. The van der Waals surface area contributed by atoms with Crippen molar-refractivity contribution in [3.63, 3.8) is 0 Å². The van der Waals surface area contributed by atoms with Crippen molar-refractivity contribution in [2.75, 3.05) is 0 Å². The normalized spacial score (nSPS) is 27.8. The van der Waals surface area contributed by atoms with Gasteiger partial charge in [-0.3, -0.25) is 4.79 Å². The van der Waals surface area contributed by atoms with Crippen molar-refractivity contribution >= 4 is 5.91 Å². The fraction of sp³-hybridized carbons (Fsp3) is 0.923. The second kappa shape index (κ2) is 6.24. The Morgan fingerprint density at radius 2 is 1.88 bits per heavy atom. The first-order chi connectivity index (χ1) is 7.54. The zero-order valence-electron chi connectivity index (χ0n) is 10.8. The first kappa shape index (κ1) is 13.5. The topological polar surface area (TPSA) is 55.1 Å². The van der Waals surface area contributed by atoms with Gasteiger partial charge >= 0.3 is 0 Å². The van der Waals surface area contributed by atoms with Gasteiger partial charge in [0.2, 0.25) is 5.91 Å². The Kier molecular flexibility index (Phi) is 5.26. The molecule has 0 aromatic rings. The van der Waals surface area contributed by atoms with Crippen molar-refractivity contribution in [3.8, 4) is 0 Å². The summed E-state index contributed by atoms with van der Waals surface area (Å²) in [5.41, 5.74) is 5.82. The highest BCUT2D eigenvalue weighted by molar-refractivity contribution is 5.82. The number of rotatable bonds is 4. The molecule has 0 spiro atoms. The second-order valence-corrected chi connectivity index (χ2v) is 5.40. The molecule has 0 heterocycles. The summed E-state index contributed by atoms with van der Waals surface area (Å²) >= 11 is 0. The largest absolute Gasteiger partial charge is 0.352 e. The van der Waals surface area contributed by atoms with Crippen molar-refractivity contribution in [1.82, 2.24) is 5.32 Å². The molecule has 1 aliphatic carbocycles. The van der Waals surface area contributed by atoms with E-state index < -0.39 is 0 Å². The van der Waals surface area contributed by atoms with E-state index in [1.807, 2.05) is 13.8 Å². The quantitative estimate of drug-likeness (QED) is 0.771. The van der Waals surface area contributed by atoms with Crippen LogP contribution in [0.2, 0.25) is 0 Å². The van der Waals surface area contributed by atoms with Crippen LogP contribution in [0.1, 0.15) is 52.9 Å². The van der Waals surface area contributed by atoms with Crippen LogP contribution in [-0.2, 0) is 4.79 Å². The molecule has 1 atom stereocenters. The Hall–Kier alpha value is -0.570. The van der Waals surface area contributed by atoms with Gasteiger partial charge in [0.15, 0.2) is 0 Å². The third-order valence-corrected chi connectivity index (χ3v) is 3.79. The number of nitrogens with one attached hydrogen (secondary N) is 1. The average molecular weight is 226 g/mol. The van der Waals surface area contributed by atoms with Crippen LogP contribution >= 0.6 is 0 Å². The summed E-state index contributed by atoms with van der Waals surface area (Å²) in [6.45, 7) is 6.22.